The summed E-state index contributed by atoms with van der Waals surface area (Å²) in [7, 11) is 0. The summed E-state index contributed by atoms with van der Waals surface area (Å²) in [5, 5.41) is 14.9. The van der Waals surface area contributed by atoms with Gasteiger partial charge < -0.3 is 15.7 Å². The lowest BCUT2D eigenvalue weighted by Crippen LogP contribution is -2.36. The van der Waals surface area contributed by atoms with Gasteiger partial charge in [-0.3, -0.25) is 14.4 Å². The minimum Gasteiger partial charge on any atom is -0.481 e. The molecule has 0 saturated heterocycles. The Morgan fingerprint density at radius 2 is 1.55 bits per heavy atom. The van der Waals surface area contributed by atoms with Gasteiger partial charge in [0.05, 0.1) is 23.1 Å². The molecule has 4 atom stereocenters. The van der Waals surface area contributed by atoms with Crippen molar-refractivity contribution >= 4 is 29.2 Å². The topological polar surface area (TPSA) is 95.5 Å². The minimum absolute atomic E-state index is 0.110. The van der Waals surface area contributed by atoms with Crippen LogP contribution in [0.1, 0.15) is 16.8 Å². The van der Waals surface area contributed by atoms with E-state index in [1.807, 2.05) is 12.2 Å². The lowest BCUT2D eigenvalue weighted by Gasteiger charge is -2.24. The second kappa shape index (κ2) is 7.50. The molecular formula is C22H19FN2O4. The Morgan fingerprint density at radius 1 is 0.897 bits per heavy atom. The highest BCUT2D eigenvalue weighted by atomic mass is 19.1. The van der Waals surface area contributed by atoms with Crippen LogP contribution in [0.5, 0.6) is 0 Å². The van der Waals surface area contributed by atoms with E-state index in [4.69, 9.17) is 0 Å². The van der Waals surface area contributed by atoms with Crippen LogP contribution in [0.3, 0.4) is 0 Å². The zero-order valence-corrected chi connectivity index (χ0v) is 15.3. The highest BCUT2D eigenvalue weighted by Gasteiger charge is 2.51. The molecule has 2 aliphatic carbocycles. The molecule has 0 spiro atoms. The van der Waals surface area contributed by atoms with E-state index in [1.54, 1.807) is 24.3 Å². The number of carbonyl (C=O) groups excluding carboxylic acids is 2. The molecule has 2 aromatic rings. The van der Waals surface area contributed by atoms with Crippen LogP contribution in [0.2, 0.25) is 0 Å². The van der Waals surface area contributed by atoms with Crippen molar-refractivity contribution in [1.29, 1.82) is 0 Å². The standard InChI is InChI=1S/C22H19FN2O4/c23-14-7-9-15(10-8-14)24-20(26)16-3-1-2-4-17(16)25-21(27)18-12-5-6-13(11-12)19(18)22(28)29/h1-10,12-13,18-19H,11H2,(H,24,26)(H,25,27)(H,28,29)/t12-,13-,18+,19-/m0/s1. The normalized spacial score (nSPS) is 24.3. The Hall–Kier alpha value is -3.48. The maximum Gasteiger partial charge on any atom is 0.307 e. The monoisotopic (exact) mass is 394 g/mol. The first-order chi connectivity index (χ1) is 13.9. The zero-order chi connectivity index (χ0) is 20.5. The molecule has 0 aromatic heterocycles. The lowest BCUT2D eigenvalue weighted by atomic mass is 9.82. The van der Waals surface area contributed by atoms with Crippen molar-refractivity contribution in [3.8, 4) is 0 Å². The summed E-state index contributed by atoms with van der Waals surface area (Å²) < 4.78 is 13.0. The number of para-hydroxylation sites is 1. The number of aliphatic carboxylic acids is 1. The van der Waals surface area contributed by atoms with Crippen molar-refractivity contribution in [3.63, 3.8) is 0 Å². The van der Waals surface area contributed by atoms with Crippen molar-refractivity contribution in [3.05, 3.63) is 72.1 Å². The highest BCUT2D eigenvalue weighted by Crippen LogP contribution is 2.48. The number of carboxylic acids is 1. The molecule has 29 heavy (non-hydrogen) atoms. The van der Waals surface area contributed by atoms with Gasteiger partial charge in [0, 0.05) is 5.69 Å². The lowest BCUT2D eigenvalue weighted by molar-refractivity contribution is -0.146. The van der Waals surface area contributed by atoms with E-state index in [2.05, 4.69) is 10.6 Å². The molecule has 0 radical (unpaired) electrons. The van der Waals surface area contributed by atoms with Crippen LogP contribution < -0.4 is 10.6 Å². The number of benzene rings is 2. The van der Waals surface area contributed by atoms with Gasteiger partial charge in [0.1, 0.15) is 5.82 Å². The molecule has 3 N–H and O–H groups in total. The maximum absolute atomic E-state index is 13.0. The quantitative estimate of drug-likeness (QED) is 0.676. The molecule has 0 aliphatic heterocycles. The van der Waals surface area contributed by atoms with Gasteiger partial charge in [0.15, 0.2) is 0 Å². The van der Waals surface area contributed by atoms with E-state index in [0.717, 1.165) is 0 Å². The van der Waals surface area contributed by atoms with Gasteiger partial charge >= 0.3 is 5.97 Å². The van der Waals surface area contributed by atoms with Gasteiger partial charge in [-0.2, -0.15) is 0 Å². The molecule has 2 bridgehead atoms. The molecule has 0 unspecified atom stereocenters. The van der Waals surface area contributed by atoms with Gasteiger partial charge in [-0.05, 0) is 54.7 Å². The molecule has 1 fully saturated rings. The average Bonchev–Trinajstić information content (AvgIpc) is 3.31. The fourth-order valence-electron chi connectivity index (χ4n) is 4.25. The number of hydrogen-bond acceptors (Lipinski definition) is 3. The number of nitrogens with one attached hydrogen (secondary N) is 2. The van der Waals surface area contributed by atoms with Gasteiger partial charge in [0.2, 0.25) is 5.91 Å². The van der Waals surface area contributed by atoms with Crippen LogP contribution in [0.25, 0.3) is 0 Å². The van der Waals surface area contributed by atoms with Crippen LogP contribution in [-0.4, -0.2) is 22.9 Å². The summed E-state index contributed by atoms with van der Waals surface area (Å²) in [4.78, 5) is 37.2. The summed E-state index contributed by atoms with van der Waals surface area (Å²) in [5.74, 6) is -3.94. The molecule has 4 rings (SSSR count). The largest absolute Gasteiger partial charge is 0.481 e. The maximum atomic E-state index is 13.0. The van der Waals surface area contributed by atoms with Gasteiger partial charge in [-0.15, -0.1) is 0 Å². The van der Waals surface area contributed by atoms with E-state index in [-0.39, 0.29) is 17.4 Å². The predicted octanol–water partition coefficient (Wildman–Crippen LogP) is 3.54. The fraction of sp³-hybridized carbons (Fsp3) is 0.227. The molecule has 2 aliphatic rings. The molecule has 6 nitrogen and oxygen atoms in total. The number of rotatable bonds is 5. The van der Waals surface area contributed by atoms with Crippen LogP contribution in [0.4, 0.5) is 15.8 Å². The molecule has 148 valence electrons. The smallest absolute Gasteiger partial charge is 0.307 e. The van der Waals surface area contributed by atoms with Crippen molar-refractivity contribution < 1.29 is 23.9 Å². The summed E-state index contributed by atoms with van der Waals surface area (Å²) in [6.07, 6.45) is 4.43. The first kappa shape index (κ1) is 18.9. The van der Waals surface area contributed by atoms with E-state index < -0.39 is 35.4 Å². The zero-order valence-electron chi connectivity index (χ0n) is 15.3. The number of fused-ring (bicyclic) bond motifs is 2. The molecule has 2 aromatic carbocycles. The molecule has 2 amide bonds. The Labute approximate surface area is 166 Å². The van der Waals surface area contributed by atoms with Crippen molar-refractivity contribution in [2.75, 3.05) is 10.6 Å². The number of amides is 2. The van der Waals surface area contributed by atoms with Gasteiger partial charge in [0.25, 0.3) is 5.91 Å². The van der Waals surface area contributed by atoms with Crippen LogP contribution >= 0.6 is 0 Å². The summed E-state index contributed by atoms with van der Waals surface area (Å²) in [6, 6.07) is 11.8. The van der Waals surface area contributed by atoms with Crippen molar-refractivity contribution in [2.24, 2.45) is 23.7 Å². The van der Waals surface area contributed by atoms with Gasteiger partial charge in [-0.1, -0.05) is 24.3 Å². The number of hydrogen-bond donors (Lipinski definition) is 3. The minimum atomic E-state index is -0.982. The highest BCUT2D eigenvalue weighted by molar-refractivity contribution is 6.10. The molecule has 1 saturated carbocycles. The Morgan fingerprint density at radius 3 is 2.24 bits per heavy atom. The second-order valence-corrected chi connectivity index (χ2v) is 7.33. The van der Waals surface area contributed by atoms with Crippen LogP contribution in [0, 0.1) is 29.5 Å². The van der Waals surface area contributed by atoms with E-state index in [9.17, 15) is 23.9 Å². The third-order valence-electron chi connectivity index (χ3n) is 5.58. The van der Waals surface area contributed by atoms with Crippen molar-refractivity contribution in [1.82, 2.24) is 0 Å². The van der Waals surface area contributed by atoms with Crippen LogP contribution in [-0.2, 0) is 9.59 Å². The first-order valence-electron chi connectivity index (χ1n) is 9.32. The van der Waals surface area contributed by atoms with E-state index >= 15 is 0 Å². The van der Waals surface area contributed by atoms with Crippen LogP contribution in [0.15, 0.2) is 60.7 Å². The number of halogens is 1. The van der Waals surface area contributed by atoms with Gasteiger partial charge in [-0.25, -0.2) is 4.39 Å². The molecule has 0 heterocycles. The summed E-state index contributed by atoms with van der Waals surface area (Å²) >= 11 is 0. The van der Waals surface area contributed by atoms with Crippen molar-refractivity contribution in [2.45, 2.75) is 6.42 Å². The molecular weight excluding hydrogens is 375 g/mol. The predicted molar refractivity (Wildman–Crippen MR) is 105 cm³/mol. The summed E-state index contributed by atoms with van der Waals surface area (Å²) in [5.41, 5.74) is 0.950. The molecule has 7 heteroatoms. The fourth-order valence-corrected chi connectivity index (χ4v) is 4.25. The average molecular weight is 394 g/mol. The Kier molecular flexibility index (Phi) is 4.88. The number of carboxylic acid groups (broad SMARTS) is 1. The number of anilines is 2. The first-order valence-corrected chi connectivity index (χ1v) is 9.32. The Bertz CT molecular complexity index is 1000. The number of carbonyl (C=O) groups is 3. The second-order valence-electron chi connectivity index (χ2n) is 7.33. The summed E-state index contributed by atoms with van der Waals surface area (Å²) in [6.45, 7) is 0. The SMILES string of the molecule is O=C(Nc1ccc(F)cc1)c1ccccc1NC(=O)[C@H]1[C@@H](C(=O)O)[C@H]2C=C[C@H]1C2. The van der Waals surface area contributed by atoms with E-state index in [1.165, 1.54) is 24.3 Å². The number of allylic oxidation sites excluding steroid dienone is 2. The van der Waals surface area contributed by atoms with E-state index in [0.29, 0.717) is 17.8 Å². The third kappa shape index (κ3) is 3.63. The third-order valence-corrected chi connectivity index (χ3v) is 5.58. The Balaban J connectivity index is 1.53.